The Morgan fingerprint density at radius 1 is 1.46 bits per heavy atom. The first kappa shape index (κ1) is 18.4. The molecule has 1 aromatic carbocycles. The highest BCUT2D eigenvalue weighted by molar-refractivity contribution is 5.83. The Kier molecular flexibility index (Phi) is 5.94. The Morgan fingerprint density at radius 2 is 2.21 bits per heavy atom. The summed E-state index contributed by atoms with van der Waals surface area (Å²) in [6, 6.07) is 6.19. The van der Waals surface area contributed by atoms with E-state index in [-0.39, 0.29) is 23.5 Å². The van der Waals surface area contributed by atoms with Gasteiger partial charge in [-0.15, -0.1) is 0 Å². The molecule has 132 valence electrons. The molecule has 1 heterocycles. The van der Waals surface area contributed by atoms with Crippen LogP contribution in [0.25, 0.3) is 0 Å². The zero-order valence-electron chi connectivity index (χ0n) is 14.5. The first-order valence-corrected chi connectivity index (χ1v) is 8.16. The van der Waals surface area contributed by atoms with E-state index in [1.807, 2.05) is 13.8 Å². The quantitative estimate of drug-likeness (QED) is 0.865. The molecule has 2 rings (SSSR count). The van der Waals surface area contributed by atoms with Gasteiger partial charge in [0.1, 0.15) is 5.82 Å². The first-order chi connectivity index (χ1) is 11.3. The summed E-state index contributed by atoms with van der Waals surface area (Å²) < 4.78 is 18.6. The van der Waals surface area contributed by atoms with Crippen LogP contribution in [-0.2, 0) is 20.9 Å². The van der Waals surface area contributed by atoms with Crippen LogP contribution in [0.1, 0.15) is 32.3 Å². The third kappa shape index (κ3) is 5.03. The van der Waals surface area contributed by atoms with Gasteiger partial charge in [-0.25, -0.2) is 4.39 Å². The minimum absolute atomic E-state index is 0.000493. The second-order valence-corrected chi connectivity index (χ2v) is 6.82. The van der Waals surface area contributed by atoms with Crippen molar-refractivity contribution in [1.82, 2.24) is 10.2 Å². The number of amides is 2. The largest absolute Gasteiger partial charge is 0.377 e. The van der Waals surface area contributed by atoms with E-state index in [1.165, 1.54) is 12.1 Å². The number of hydrogen-bond donors (Lipinski definition) is 1. The summed E-state index contributed by atoms with van der Waals surface area (Å²) in [6.07, 6.45) is 0.874. The highest BCUT2D eigenvalue weighted by Gasteiger charge is 2.31. The van der Waals surface area contributed by atoms with Gasteiger partial charge in [0, 0.05) is 33.2 Å². The standard InChI is InChI=1S/C18H25FN2O3/c1-18(2,24-3)12-20-17(23)14-7-8-16(22)21(11-14)10-13-5-4-6-15(19)9-13/h4-6,9,14H,7-8,10-12H2,1-3H3,(H,20,23)/t14-/m1/s1. The molecule has 1 aromatic rings. The van der Waals surface area contributed by atoms with E-state index in [1.54, 1.807) is 24.1 Å². The van der Waals surface area contributed by atoms with Crippen molar-refractivity contribution >= 4 is 11.8 Å². The van der Waals surface area contributed by atoms with Crippen LogP contribution < -0.4 is 5.32 Å². The SMILES string of the molecule is COC(C)(C)CNC(=O)[C@@H]1CCC(=O)N(Cc2cccc(F)c2)C1. The van der Waals surface area contributed by atoms with Crippen LogP contribution in [0.4, 0.5) is 4.39 Å². The predicted octanol–water partition coefficient (Wildman–Crippen LogP) is 2.11. The van der Waals surface area contributed by atoms with E-state index >= 15 is 0 Å². The van der Waals surface area contributed by atoms with Crippen molar-refractivity contribution in [1.29, 1.82) is 0 Å². The zero-order chi connectivity index (χ0) is 17.7. The van der Waals surface area contributed by atoms with Gasteiger partial charge in [-0.2, -0.15) is 0 Å². The van der Waals surface area contributed by atoms with Crippen LogP contribution in [-0.4, -0.2) is 42.5 Å². The number of nitrogens with one attached hydrogen (secondary N) is 1. The number of likely N-dealkylation sites (tertiary alicyclic amines) is 1. The van der Waals surface area contributed by atoms with E-state index in [9.17, 15) is 14.0 Å². The number of methoxy groups -OCH3 is 1. The molecule has 2 amide bonds. The van der Waals surface area contributed by atoms with E-state index in [2.05, 4.69) is 5.32 Å². The van der Waals surface area contributed by atoms with Gasteiger partial charge in [-0.3, -0.25) is 9.59 Å². The molecule has 0 unspecified atom stereocenters. The molecule has 0 aromatic heterocycles. The number of piperidine rings is 1. The molecule has 0 radical (unpaired) electrons. The van der Waals surface area contributed by atoms with Gasteiger partial charge in [0.2, 0.25) is 11.8 Å². The van der Waals surface area contributed by atoms with Gasteiger partial charge in [0.05, 0.1) is 11.5 Å². The van der Waals surface area contributed by atoms with Crippen LogP contribution in [0.3, 0.4) is 0 Å². The van der Waals surface area contributed by atoms with E-state index in [4.69, 9.17) is 4.74 Å². The normalized spacial score (nSPS) is 18.6. The number of halogens is 1. The monoisotopic (exact) mass is 336 g/mol. The number of ether oxygens (including phenoxy) is 1. The van der Waals surface area contributed by atoms with Crippen LogP contribution in [0.5, 0.6) is 0 Å². The van der Waals surface area contributed by atoms with Gasteiger partial charge >= 0.3 is 0 Å². The molecule has 0 bridgehead atoms. The third-order valence-corrected chi connectivity index (χ3v) is 4.37. The molecule has 6 heteroatoms. The predicted molar refractivity (Wildman–Crippen MR) is 88.6 cm³/mol. The molecule has 1 aliphatic rings. The number of rotatable bonds is 6. The molecule has 24 heavy (non-hydrogen) atoms. The zero-order valence-corrected chi connectivity index (χ0v) is 14.5. The number of benzene rings is 1. The van der Waals surface area contributed by atoms with Crippen LogP contribution in [0, 0.1) is 11.7 Å². The lowest BCUT2D eigenvalue weighted by molar-refractivity contribution is -0.139. The lowest BCUT2D eigenvalue weighted by atomic mass is 9.95. The summed E-state index contributed by atoms with van der Waals surface area (Å²) in [5, 5.41) is 2.89. The highest BCUT2D eigenvalue weighted by Crippen LogP contribution is 2.20. The van der Waals surface area contributed by atoms with Gasteiger partial charge in [-0.05, 0) is 38.0 Å². The fourth-order valence-electron chi connectivity index (χ4n) is 2.65. The summed E-state index contributed by atoms with van der Waals surface area (Å²) in [5.74, 6) is -0.644. The van der Waals surface area contributed by atoms with E-state index < -0.39 is 5.60 Å². The molecule has 5 nitrogen and oxygen atoms in total. The molecule has 1 N–H and O–H groups in total. The van der Waals surface area contributed by atoms with Gasteiger partial charge < -0.3 is 15.0 Å². The molecule has 1 atom stereocenters. The smallest absolute Gasteiger partial charge is 0.225 e. The first-order valence-electron chi connectivity index (χ1n) is 8.16. The Hall–Kier alpha value is -1.95. The Bertz CT molecular complexity index is 604. The molecule has 1 saturated heterocycles. The summed E-state index contributed by atoms with van der Waals surface area (Å²) in [5.41, 5.74) is 0.298. The third-order valence-electron chi connectivity index (χ3n) is 4.37. The molecular formula is C18H25FN2O3. The van der Waals surface area contributed by atoms with E-state index in [0.717, 1.165) is 5.56 Å². The average Bonchev–Trinajstić information content (AvgIpc) is 2.55. The van der Waals surface area contributed by atoms with E-state index in [0.29, 0.717) is 32.5 Å². The summed E-state index contributed by atoms with van der Waals surface area (Å²) in [7, 11) is 1.60. The maximum Gasteiger partial charge on any atom is 0.225 e. The summed E-state index contributed by atoms with van der Waals surface area (Å²) >= 11 is 0. The highest BCUT2D eigenvalue weighted by atomic mass is 19.1. The molecular weight excluding hydrogens is 311 g/mol. The Labute approximate surface area is 142 Å². The van der Waals surface area contributed by atoms with Crippen molar-refractivity contribution in [2.75, 3.05) is 20.2 Å². The maximum absolute atomic E-state index is 13.3. The van der Waals surface area contributed by atoms with Crippen LogP contribution >= 0.6 is 0 Å². The van der Waals surface area contributed by atoms with Gasteiger partial charge in [0.25, 0.3) is 0 Å². The molecule has 1 fully saturated rings. The minimum Gasteiger partial charge on any atom is -0.377 e. The van der Waals surface area contributed by atoms with Crippen LogP contribution in [0.2, 0.25) is 0 Å². The topological polar surface area (TPSA) is 58.6 Å². The van der Waals surface area contributed by atoms with Gasteiger partial charge in [-0.1, -0.05) is 12.1 Å². The number of carbonyl (C=O) groups excluding carboxylic acids is 2. The van der Waals surface area contributed by atoms with Crippen molar-refractivity contribution in [3.8, 4) is 0 Å². The Balaban J connectivity index is 1.94. The second-order valence-electron chi connectivity index (χ2n) is 6.82. The molecule has 0 spiro atoms. The van der Waals surface area contributed by atoms with Crippen molar-refractivity contribution in [3.05, 3.63) is 35.6 Å². The fraction of sp³-hybridized carbons (Fsp3) is 0.556. The van der Waals surface area contributed by atoms with Gasteiger partial charge in [0.15, 0.2) is 0 Å². The Morgan fingerprint density at radius 3 is 2.88 bits per heavy atom. The lowest BCUT2D eigenvalue weighted by Gasteiger charge is -2.33. The number of carbonyl (C=O) groups is 2. The fourth-order valence-corrected chi connectivity index (χ4v) is 2.65. The van der Waals surface area contributed by atoms with Crippen LogP contribution in [0.15, 0.2) is 24.3 Å². The lowest BCUT2D eigenvalue weighted by Crippen LogP contribution is -2.48. The molecule has 1 aliphatic heterocycles. The van der Waals surface area contributed by atoms with Crippen molar-refractivity contribution in [2.24, 2.45) is 5.92 Å². The number of hydrogen-bond acceptors (Lipinski definition) is 3. The summed E-state index contributed by atoms with van der Waals surface area (Å²) in [4.78, 5) is 26.1. The van der Waals surface area contributed by atoms with Crippen molar-refractivity contribution in [3.63, 3.8) is 0 Å². The maximum atomic E-state index is 13.3. The summed E-state index contributed by atoms with van der Waals surface area (Å²) in [6.45, 7) is 4.89. The minimum atomic E-state index is -0.429. The average molecular weight is 336 g/mol. The second kappa shape index (κ2) is 7.75. The molecule has 0 aliphatic carbocycles. The number of nitrogens with zero attached hydrogens (tertiary/aromatic N) is 1. The van der Waals surface area contributed by atoms with Crippen molar-refractivity contribution < 1.29 is 18.7 Å². The molecule has 0 saturated carbocycles. The van der Waals surface area contributed by atoms with Crippen molar-refractivity contribution in [2.45, 2.75) is 38.8 Å².